The average Bonchev–Trinajstić information content (AvgIpc) is 1.90. The number of fused-ring (bicyclic) bond motifs is 6. The van der Waals surface area contributed by atoms with Crippen molar-refractivity contribution in [1.82, 2.24) is 0 Å². The fourth-order valence-corrected chi connectivity index (χ4v) is 25.2. The van der Waals surface area contributed by atoms with Crippen LogP contribution in [0.3, 0.4) is 0 Å². The maximum absolute atomic E-state index is 2.89. The molecule has 15 rings (SSSR count). The Labute approximate surface area is 500 Å². The second-order valence-corrected chi connectivity index (χ2v) is 31.3. The van der Waals surface area contributed by atoms with Crippen LogP contribution >= 0.6 is 22.7 Å². The largest absolute Gasteiger partial charge is 0.311 e. The van der Waals surface area contributed by atoms with Crippen molar-refractivity contribution in [3.8, 4) is 0 Å². The minimum atomic E-state index is -2.89. The van der Waals surface area contributed by atoms with Gasteiger partial charge < -0.3 is 9.80 Å². The number of rotatable bonds is 14. The first-order chi connectivity index (χ1) is 41.6. The van der Waals surface area contributed by atoms with Gasteiger partial charge in [-0.05, 0) is 139 Å². The van der Waals surface area contributed by atoms with Crippen LogP contribution in [0.1, 0.15) is 0 Å². The van der Waals surface area contributed by atoms with E-state index in [1.54, 1.807) is 0 Å². The molecule has 2 nitrogen and oxygen atoms in total. The molecule has 0 amide bonds. The van der Waals surface area contributed by atoms with E-state index in [1.807, 2.05) is 22.7 Å². The minimum absolute atomic E-state index is 1.12. The van der Waals surface area contributed by atoms with E-state index in [9.17, 15) is 0 Å². The molecule has 0 saturated carbocycles. The highest BCUT2D eigenvalue weighted by Gasteiger charge is 2.43. The molecular weight excluding hydrogens is 1090 g/mol. The van der Waals surface area contributed by atoms with Crippen molar-refractivity contribution < 1.29 is 0 Å². The van der Waals surface area contributed by atoms with Crippen LogP contribution in [-0.2, 0) is 0 Å². The van der Waals surface area contributed by atoms with Gasteiger partial charge in [-0.3, -0.25) is 0 Å². The van der Waals surface area contributed by atoms with Crippen molar-refractivity contribution >= 4 is 155 Å². The van der Waals surface area contributed by atoms with Gasteiger partial charge in [-0.2, -0.15) is 0 Å². The van der Waals surface area contributed by atoms with Gasteiger partial charge in [0.25, 0.3) is 0 Å². The van der Waals surface area contributed by atoms with Crippen molar-refractivity contribution in [3.05, 3.63) is 340 Å². The normalized spacial score (nSPS) is 11.8. The molecule has 0 aliphatic carbocycles. The summed E-state index contributed by atoms with van der Waals surface area (Å²) in [7, 11) is -5.79. The minimum Gasteiger partial charge on any atom is -0.311 e. The lowest BCUT2D eigenvalue weighted by Gasteiger charge is -2.35. The highest BCUT2D eigenvalue weighted by atomic mass is 32.1. The van der Waals surface area contributed by atoms with Gasteiger partial charge in [0.05, 0.1) is 0 Å². The molecule has 0 saturated heterocycles. The molecular formula is C78H56N2S2Si2. The average molecular weight is 1140 g/mol. The number of nitrogens with zero attached hydrogens (tertiary/aromatic N) is 2. The molecule has 0 N–H and O–H groups in total. The number of para-hydroxylation sites is 4. The second kappa shape index (κ2) is 21.9. The summed E-state index contributed by atoms with van der Waals surface area (Å²) in [4.78, 5) is 4.70. The molecule has 0 radical (unpaired) electrons. The predicted octanol–water partition coefficient (Wildman–Crippen LogP) is 16.1. The molecule has 0 unspecified atom stereocenters. The van der Waals surface area contributed by atoms with Gasteiger partial charge in [-0.1, -0.05) is 243 Å². The van der Waals surface area contributed by atoms with Crippen molar-refractivity contribution in [3.63, 3.8) is 0 Å². The third-order valence-corrected chi connectivity index (χ3v) is 28.7. The molecule has 0 bridgehead atoms. The van der Waals surface area contributed by atoms with E-state index in [1.165, 1.54) is 81.8 Å². The summed E-state index contributed by atoms with van der Waals surface area (Å²) in [5.41, 5.74) is 6.75. The Morgan fingerprint density at radius 1 is 0.179 bits per heavy atom. The van der Waals surface area contributed by atoms with Gasteiger partial charge in [0.15, 0.2) is 16.1 Å². The Bertz CT molecular complexity index is 4270. The van der Waals surface area contributed by atoms with Gasteiger partial charge in [-0.25, -0.2) is 0 Å². The molecule has 0 spiro atoms. The van der Waals surface area contributed by atoms with E-state index >= 15 is 0 Å². The molecule has 0 fully saturated rings. The lowest BCUT2D eigenvalue weighted by atomic mass is 10.1. The fraction of sp³-hybridized carbons (Fsp3) is 0. The summed E-state index contributed by atoms with van der Waals surface area (Å²) >= 11 is 3.86. The molecule has 2 aromatic heterocycles. The summed E-state index contributed by atoms with van der Waals surface area (Å²) in [5.74, 6) is 0. The number of benzene rings is 13. The number of anilines is 6. The van der Waals surface area contributed by atoms with Gasteiger partial charge in [0.2, 0.25) is 0 Å². The monoisotopic (exact) mass is 1140 g/mol. The number of hydrogen-bond acceptors (Lipinski definition) is 4. The summed E-state index contributed by atoms with van der Waals surface area (Å²) in [6, 6.07) is 127. The molecule has 13 aromatic carbocycles. The van der Waals surface area contributed by atoms with Crippen molar-refractivity contribution in [2.24, 2.45) is 0 Å². The van der Waals surface area contributed by atoms with Crippen LogP contribution in [0.15, 0.2) is 340 Å². The van der Waals surface area contributed by atoms with Crippen LogP contribution in [0.25, 0.3) is 40.3 Å². The van der Waals surface area contributed by atoms with Gasteiger partial charge >= 0.3 is 0 Å². The van der Waals surface area contributed by atoms with Gasteiger partial charge in [-0.15, -0.1) is 22.7 Å². The SMILES string of the molecule is c1ccc(N(c2ccccc2)c2ccc([Si](c3ccccc3)(c3ccccc3)c3ccc4c(c3)sc3cc5c(cc34)sc3cc([Si](c4ccccc4)(c4ccccc4)c4ccc(N(c6ccccc6)c6ccccc6)cc4)ccc35)cc2)cc1. The van der Waals surface area contributed by atoms with Gasteiger partial charge in [0, 0.05) is 74.5 Å². The van der Waals surface area contributed by atoms with Crippen LogP contribution in [0.4, 0.5) is 34.1 Å². The number of hydrogen-bond donors (Lipinski definition) is 0. The third-order valence-electron chi connectivity index (χ3n) is 16.9. The van der Waals surface area contributed by atoms with E-state index in [-0.39, 0.29) is 0 Å². The zero-order chi connectivity index (χ0) is 55.9. The highest BCUT2D eigenvalue weighted by Crippen LogP contribution is 2.42. The molecule has 15 aromatic rings. The zero-order valence-electron chi connectivity index (χ0n) is 46.0. The van der Waals surface area contributed by atoms with Gasteiger partial charge in [0.1, 0.15) is 0 Å². The zero-order valence-corrected chi connectivity index (χ0v) is 49.7. The summed E-state index contributed by atoms with van der Waals surface area (Å²) < 4.78 is 5.26. The standard InChI is InChI=1S/C78H56N2S2Si2/c1-9-25-57(26-10-1)79(58-27-11-2-12-28-58)61-41-45-67(46-42-61)83(63-33-17-5-18-34-63,64-35-19-6-20-36-64)69-49-51-71-73-55-78-74(56-77(73)81-75(71)53-69)72-52-50-70(54-76(72)82-78)84(65-37-21-7-22-38-65,66-39-23-8-24-40-66)68-47-43-62(44-48-68)80(59-29-13-3-14-30-59)60-31-15-4-16-32-60/h1-56H. The molecule has 0 aliphatic heterocycles. The maximum atomic E-state index is 2.55. The quantitative estimate of drug-likeness (QED) is 0.0791. The van der Waals surface area contributed by atoms with E-state index in [2.05, 4.69) is 350 Å². The molecule has 0 aliphatic rings. The maximum Gasteiger partial charge on any atom is 0.179 e. The Morgan fingerprint density at radius 2 is 0.393 bits per heavy atom. The van der Waals surface area contributed by atoms with Crippen molar-refractivity contribution in [1.29, 1.82) is 0 Å². The molecule has 0 atom stereocenters. The Kier molecular flexibility index (Phi) is 13.4. The van der Waals surface area contributed by atoms with E-state index in [4.69, 9.17) is 0 Å². The highest BCUT2D eigenvalue weighted by molar-refractivity contribution is 7.28. The van der Waals surface area contributed by atoms with E-state index < -0.39 is 16.1 Å². The molecule has 84 heavy (non-hydrogen) atoms. The summed E-state index contributed by atoms with van der Waals surface area (Å²) in [5, 5.41) is 16.1. The molecule has 6 heteroatoms. The topological polar surface area (TPSA) is 6.48 Å². The predicted molar refractivity (Wildman–Crippen MR) is 369 cm³/mol. The van der Waals surface area contributed by atoms with E-state index in [0.717, 1.165) is 34.1 Å². The summed E-state index contributed by atoms with van der Waals surface area (Å²) in [6.07, 6.45) is 0. The third kappa shape index (κ3) is 8.82. The fourth-order valence-electron chi connectivity index (χ4n) is 13.2. The first kappa shape index (κ1) is 51.2. The van der Waals surface area contributed by atoms with Crippen LogP contribution in [-0.4, -0.2) is 16.1 Å². The first-order valence-electron chi connectivity index (χ1n) is 28.7. The first-order valence-corrected chi connectivity index (χ1v) is 34.4. The van der Waals surface area contributed by atoms with Crippen LogP contribution in [0.2, 0.25) is 0 Å². The Morgan fingerprint density at radius 3 is 0.667 bits per heavy atom. The van der Waals surface area contributed by atoms with Crippen LogP contribution < -0.4 is 51.3 Å². The van der Waals surface area contributed by atoms with E-state index in [0.29, 0.717) is 0 Å². The smallest absolute Gasteiger partial charge is 0.179 e. The van der Waals surface area contributed by atoms with Crippen LogP contribution in [0, 0.1) is 0 Å². The van der Waals surface area contributed by atoms with Crippen LogP contribution in [0.5, 0.6) is 0 Å². The Hall–Kier alpha value is -9.67. The number of thiophene rings is 2. The van der Waals surface area contributed by atoms with Crippen molar-refractivity contribution in [2.75, 3.05) is 9.80 Å². The van der Waals surface area contributed by atoms with Crippen molar-refractivity contribution in [2.45, 2.75) is 0 Å². The molecule has 398 valence electrons. The summed E-state index contributed by atoms with van der Waals surface area (Å²) in [6.45, 7) is 0. The second-order valence-electron chi connectivity index (χ2n) is 21.5. The lowest BCUT2D eigenvalue weighted by molar-refractivity contribution is 1.28. The Balaban J connectivity index is 0.857. The lowest BCUT2D eigenvalue weighted by Crippen LogP contribution is -2.74. The molecule has 2 heterocycles.